The number of aromatic nitrogens is 2. The molecule has 19 heavy (non-hydrogen) atoms. The van der Waals surface area contributed by atoms with Gasteiger partial charge in [-0.3, -0.25) is 9.48 Å². The lowest BCUT2D eigenvalue weighted by molar-refractivity contribution is -0.136. The molecule has 0 radical (unpaired) electrons. The summed E-state index contributed by atoms with van der Waals surface area (Å²) in [6.45, 7) is 0.901. The van der Waals surface area contributed by atoms with Crippen LogP contribution in [-0.4, -0.2) is 27.1 Å². The first kappa shape index (κ1) is 12.5. The zero-order valence-corrected chi connectivity index (χ0v) is 11.5. The molecule has 1 aromatic rings. The Hall–Kier alpha value is -1.58. The molecule has 1 aliphatic heterocycles. The lowest BCUT2D eigenvalue weighted by Gasteiger charge is -2.29. The van der Waals surface area contributed by atoms with Crippen LogP contribution in [0.25, 0.3) is 0 Å². The molecule has 0 unspecified atom stereocenters. The standard InChI is InChI=1S/C15H21N3O/c1-17-11-13(10-16-17)14-8-5-9-18(14)15(19)12-6-3-2-4-7-12/h2-3,10-12,14H,4-9H2,1H3/t12-,14+/m1/s1. The first-order valence-corrected chi connectivity index (χ1v) is 7.20. The van der Waals surface area contributed by atoms with E-state index in [1.54, 1.807) is 0 Å². The maximum atomic E-state index is 12.7. The molecule has 4 heteroatoms. The molecule has 0 spiro atoms. The number of hydrogen-bond acceptors (Lipinski definition) is 2. The lowest BCUT2D eigenvalue weighted by Crippen LogP contribution is -2.36. The van der Waals surface area contributed by atoms with Gasteiger partial charge in [-0.05, 0) is 32.1 Å². The molecule has 0 N–H and O–H groups in total. The van der Waals surface area contributed by atoms with Crippen molar-refractivity contribution in [3.8, 4) is 0 Å². The summed E-state index contributed by atoms with van der Waals surface area (Å²) in [5, 5.41) is 4.24. The number of likely N-dealkylation sites (tertiary alicyclic amines) is 1. The summed E-state index contributed by atoms with van der Waals surface area (Å²) in [4.78, 5) is 14.7. The van der Waals surface area contributed by atoms with Gasteiger partial charge in [0.2, 0.25) is 5.91 Å². The van der Waals surface area contributed by atoms with Gasteiger partial charge in [0, 0.05) is 31.3 Å². The topological polar surface area (TPSA) is 38.1 Å². The van der Waals surface area contributed by atoms with Crippen LogP contribution in [0, 0.1) is 5.92 Å². The molecule has 102 valence electrons. The fourth-order valence-electron chi connectivity index (χ4n) is 3.24. The molecular weight excluding hydrogens is 238 g/mol. The minimum atomic E-state index is 0.197. The van der Waals surface area contributed by atoms with Crippen molar-refractivity contribution in [2.24, 2.45) is 13.0 Å². The maximum Gasteiger partial charge on any atom is 0.226 e. The van der Waals surface area contributed by atoms with Gasteiger partial charge < -0.3 is 4.90 Å². The van der Waals surface area contributed by atoms with Crippen LogP contribution in [0.5, 0.6) is 0 Å². The van der Waals surface area contributed by atoms with Crippen molar-refractivity contribution in [1.29, 1.82) is 0 Å². The van der Waals surface area contributed by atoms with Crippen molar-refractivity contribution in [2.75, 3.05) is 6.54 Å². The van der Waals surface area contributed by atoms with E-state index in [-0.39, 0.29) is 12.0 Å². The summed E-state index contributed by atoms with van der Waals surface area (Å²) in [6.07, 6.45) is 13.4. The molecule has 4 nitrogen and oxygen atoms in total. The number of allylic oxidation sites excluding steroid dienone is 2. The van der Waals surface area contributed by atoms with Crippen LogP contribution in [-0.2, 0) is 11.8 Å². The molecule has 2 aliphatic rings. The van der Waals surface area contributed by atoms with Crippen molar-refractivity contribution in [2.45, 2.75) is 38.1 Å². The summed E-state index contributed by atoms with van der Waals surface area (Å²) in [5.41, 5.74) is 1.18. The minimum Gasteiger partial charge on any atom is -0.335 e. The van der Waals surface area contributed by atoms with Crippen molar-refractivity contribution < 1.29 is 4.79 Å². The Morgan fingerprint density at radius 2 is 2.26 bits per heavy atom. The van der Waals surface area contributed by atoms with Crippen molar-refractivity contribution in [3.63, 3.8) is 0 Å². The first-order valence-electron chi connectivity index (χ1n) is 7.20. The highest BCUT2D eigenvalue weighted by Crippen LogP contribution is 2.34. The van der Waals surface area contributed by atoms with Gasteiger partial charge in [-0.1, -0.05) is 12.2 Å². The smallest absolute Gasteiger partial charge is 0.226 e. The van der Waals surface area contributed by atoms with Crippen molar-refractivity contribution in [3.05, 3.63) is 30.1 Å². The van der Waals surface area contributed by atoms with E-state index >= 15 is 0 Å². The van der Waals surface area contributed by atoms with Gasteiger partial charge in [-0.2, -0.15) is 5.10 Å². The second-order valence-electron chi connectivity index (χ2n) is 5.62. The number of rotatable bonds is 2. The average Bonchev–Trinajstić information content (AvgIpc) is 3.07. The molecule has 0 bridgehead atoms. The molecule has 1 fully saturated rings. The summed E-state index contributed by atoms with van der Waals surface area (Å²) < 4.78 is 1.82. The van der Waals surface area contributed by atoms with E-state index in [1.807, 2.05) is 24.1 Å². The molecule has 0 aromatic carbocycles. The summed E-state index contributed by atoms with van der Waals surface area (Å²) >= 11 is 0. The van der Waals surface area contributed by atoms with E-state index in [0.29, 0.717) is 5.91 Å². The molecule has 2 heterocycles. The predicted molar refractivity (Wildman–Crippen MR) is 73.4 cm³/mol. The van der Waals surface area contributed by atoms with Gasteiger partial charge in [-0.15, -0.1) is 0 Å². The van der Waals surface area contributed by atoms with Crippen molar-refractivity contribution in [1.82, 2.24) is 14.7 Å². The van der Waals surface area contributed by atoms with Gasteiger partial charge in [-0.25, -0.2) is 0 Å². The highest BCUT2D eigenvalue weighted by Gasteiger charge is 2.34. The van der Waals surface area contributed by atoms with Gasteiger partial charge in [0.1, 0.15) is 0 Å². The second kappa shape index (κ2) is 5.19. The number of nitrogens with zero attached hydrogens (tertiary/aromatic N) is 3. The van der Waals surface area contributed by atoms with E-state index in [9.17, 15) is 4.79 Å². The van der Waals surface area contributed by atoms with Crippen molar-refractivity contribution >= 4 is 5.91 Å². The van der Waals surface area contributed by atoms with Crippen LogP contribution < -0.4 is 0 Å². The third kappa shape index (κ3) is 2.44. The van der Waals surface area contributed by atoms with Crippen LogP contribution in [0.1, 0.15) is 43.7 Å². The van der Waals surface area contributed by atoms with Crippen LogP contribution >= 0.6 is 0 Å². The summed E-state index contributed by atoms with van der Waals surface area (Å²) in [6, 6.07) is 0.243. The Balaban J connectivity index is 1.75. The Bertz CT molecular complexity index is 491. The Morgan fingerprint density at radius 3 is 2.95 bits per heavy atom. The van der Waals surface area contributed by atoms with E-state index in [2.05, 4.69) is 22.2 Å². The van der Waals surface area contributed by atoms with Crippen LogP contribution in [0.4, 0.5) is 0 Å². The van der Waals surface area contributed by atoms with E-state index in [4.69, 9.17) is 0 Å². The SMILES string of the molecule is Cn1cc([C@@H]2CCCN2C(=O)[C@@H]2CC=CCC2)cn1. The predicted octanol–water partition coefficient (Wildman–Crippen LogP) is 2.44. The lowest BCUT2D eigenvalue weighted by atomic mass is 9.92. The third-order valence-corrected chi connectivity index (χ3v) is 4.26. The minimum absolute atomic E-state index is 0.197. The van der Waals surface area contributed by atoms with Gasteiger partial charge in [0.05, 0.1) is 12.2 Å². The quantitative estimate of drug-likeness (QED) is 0.765. The largest absolute Gasteiger partial charge is 0.335 e. The Kier molecular flexibility index (Phi) is 3.40. The molecule has 1 amide bonds. The summed E-state index contributed by atoms with van der Waals surface area (Å²) in [5.74, 6) is 0.540. The average molecular weight is 259 g/mol. The molecule has 3 rings (SSSR count). The number of hydrogen-bond donors (Lipinski definition) is 0. The number of amides is 1. The second-order valence-corrected chi connectivity index (χ2v) is 5.62. The van der Waals surface area contributed by atoms with Crippen LogP contribution in [0.2, 0.25) is 0 Å². The zero-order chi connectivity index (χ0) is 13.2. The van der Waals surface area contributed by atoms with Gasteiger partial charge >= 0.3 is 0 Å². The fraction of sp³-hybridized carbons (Fsp3) is 0.600. The molecular formula is C15H21N3O. The van der Waals surface area contributed by atoms with Gasteiger partial charge in [0.25, 0.3) is 0 Å². The van der Waals surface area contributed by atoms with E-state index in [0.717, 1.165) is 38.6 Å². The number of aryl methyl sites for hydroxylation is 1. The highest BCUT2D eigenvalue weighted by molar-refractivity contribution is 5.80. The maximum absolute atomic E-state index is 12.7. The van der Waals surface area contributed by atoms with Gasteiger partial charge in [0.15, 0.2) is 0 Å². The van der Waals surface area contributed by atoms with Crippen LogP contribution in [0.15, 0.2) is 24.5 Å². The summed E-state index contributed by atoms with van der Waals surface area (Å²) in [7, 11) is 1.93. The molecule has 1 aromatic heterocycles. The molecule has 0 saturated carbocycles. The number of carbonyl (C=O) groups excluding carboxylic acids is 1. The van der Waals surface area contributed by atoms with E-state index < -0.39 is 0 Å². The third-order valence-electron chi connectivity index (χ3n) is 4.26. The molecule has 1 aliphatic carbocycles. The molecule has 2 atom stereocenters. The Morgan fingerprint density at radius 1 is 1.37 bits per heavy atom. The van der Waals surface area contributed by atoms with E-state index in [1.165, 1.54) is 5.56 Å². The van der Waals surface area contributed by atoms with Crippen LogP contribution in [0.3, 0.4) is 0 Å². The zero-order valence-electron chi connectivity index (χ0n) is 11.5. The first-order chi connectivity index (χ1) is 9.25. The fourth-order valence-corrected chi connectivity index (χ4v) is 3.24. The Labute approximate surface area is 114 Å². The number of carbonyl (C=O) groups is 1. The molecule has 1 saturated heterocycles. The highest BCUT2D eigenvalue weighted by atomic mass is 16.2. The monoisotopic (exact) mass is 259 g/mol. The normalized spacial score (nSPS) is 26.9.